The lowest BCUT2D eigenvalue weighted by Crippen LogP contribution is -2.37. The Labute approximate surface area is 105 Å². The van der Waals surface area contributed by atoms with Gasteiger partial charge < -0.3 is 10.2 Å². The van der Waals surface area contributed by atoms with Gasteiger partial charge in [-0.2, -0.15) is 0 Å². The number of nitrogens with zero attached hydrogens (tertiary/aromatic N) is 3. The van der Waals surface area contributed by atoms with Gasteiger partial charge in [0.2, 0.25) is 5.95 Å². The standard InChI is InChI=1S/C13H22N4.H2/c1-10(2)12-6-7-15-13(16-12)17-8-4-5-11(17)9-14-3;/h6-7,10-11,14H,4-5,8-9H2,1-3H3;1H/t11-;/m0./s1. The molecule has 0 aromatic carbocycles. The number of hydrogen-bond acceptors (Lipinski definition) is 4. The van der Waals surface area contributed by atoms with Gasteiger partial charge in [-0.15, -0.1) is 0 Å². The highest BCUT2D eigenvalue weighted by Crippen LogP contribution is 2.23. The zero-order valence-electron chi connectivity index (χ0n) is 11.0. The summed E-state index contributed by atoms with van der Waals surface area (Å²) in [4.78, 5) is 11.4. The van der Waals surface area contributed by atoms with E-state index in [2.05, 4.69) is 34.0 Å². The van der Waals surface area contributed by atoms with Gasteiger partial charge in [-0.05, 0) is 31.9 Å². The molecule has 0 amide bonds. The van der Waals surface area contributed by atoms with E-state index in [1.807, 2.05) is 19.3 Å². The third-order valence-corrected chi connectivity index (χ3v) is 3.33. The maximum Gasteiger partial charge on any atom is 0.225 e. The molecule has 0 saturated carbocycles. The van der Waals surface area contributed by atoms with E-state index >= 15 is 0 Å². The van der Waals surface area contributed by atoms with Crippen molar-refractivity contribution in [3.63, 3.8) is 0 Å². The van der Waals surface area contributed by atoms with Gasteiger partial charge in [-0.3, -0.25) is 0 Å². The summed E-state index contributed by atoms with van der Waals surface area (Å²) in [6.45, 7) is 6.42. The Hall–Kier alpha value is -1.16. The number of aromatic nitrogens is 2. The number of likely N-dealkylation sites (N-methyl/N-ethyl adjacent to an activating group) is 1. The summed E-state index contributed by atoms with van der Waals surface area (Å²) in [5.41, 5.74) is 1.13. The monoisotopic (exact) mass is 236 g/mol. The Morgan fingerprint density at radius 2 is 2.41 bits per heavy atom. The second kappa shape index (κ2) is 5.45. The summed E-state index contributed by atoms with van der Waals surface area (Å²) in [5, 5.41) is 3.25. The van der Waals surface area contributed by atoms with E-state index in [4.69, 9.17) is 0 Å². The summed E-state index contributed by atoms with van der Waals surface area (Å²) >= 11 is 0. The number of rotatable bonds is 4. The average Bonchev–Trinajstić information content (AvgIpc) is 2.78. The van der Waals surface area contributed by atoms with Crippen molar-refractivity contribution >= 4 is 5.95 Å². The van der Waals surface area contributed by atoms with Crippen LogP contribution in [0.4, 0.5) is 5.95 Å². The van der Waals surface area contributed by atoms with Crippen LogP contribution in [-0.4, -0.2) is 36.1 Å². The molecule has 0 spiro atoms. The Balaban J connectivity index is 0.00000162. The Kier molecular flexibility index (Phi) is 3.94. The Bertz CT molecular complexity index is 370. The molecule has 1 saturated heterocycles. The zero-order chi connectivity index (χ0) is 12.3. The summed E-state index contributed by atoms with van der Waals surface area (Å²) in [5.74, 6) is 1.36. The highest BCUT2D eigenvalue weighted by Gasteiger charge is 2.26. The fraction of sp³-hybridized carbons (Fsp3) is 0.692. The average molecular weight is 236 g/mol. The van der Waals surface area contributed by atoms with Crippen molar-refractivity contribution in [2.75, 3.05) is 25.0 Å². The lowest BCUT2D eigenvalue weighted by atomic mass is 10.1. The van der Waals surface area contributed by atoms with Crippen LogP contribution in [0.1, 0.15) is 39.7 Å². The van der Waals surface area contributed by atoms with E-state index < -0.39 is 0 Å². The van der Waals surface area contributed by atoms with Gasteiger partial charge in [0.15, 0.2) is 0 Å². The molecular weight excluding hydrogens is 212 g/mol. The number of hydrogen-bond donors (Lipinski definition) is 1. The van der Waals surface area contributed by atoms with Crippen molar-refractivity contribution in [2.45, 2.75) is 38.6 Å². The highest BCUT2D eigenvalue weighted by molar-refractivity contribution is 5.34. The molecule has 1 aromatic heterocycles. The molecule has 1 aromatic rings. The first-order valence-corrected chi connectivity index (χ1v) is 6.46. The maximum atomic E-state index is 4.67. The third-order valence-electron chi connectivity index (χ3n) is 3.33. The van der Waals surface area contributed by atoms with E-state index in [-0.39, 0.29) is 1.43 Å². The zero-order valence-corrected chi connectivity index (χ0v) is 11.0. The fourth-order valence-corrected chi connectivity index (χ4v) is 2.37. The SMILES string of the molecule is CNC[C@@H]1CCCN1c1nccc(C(C)C)n1.[HH]. The molecule has 1 atom stereocenters. The molecule has 2 heterocycles. The Morgan fingerprint density at radius 3 is 3.12 bits per heavy atom. The van der Waals surface area contributed by atoms with Crippen molar-refractivity contribution < 1.29 is 1.43 Å². The van der Waals surface area contributed by atoms with Crippen LogP contribution in [0.3, 0.4) is 0 Å². The summed E-state index contributed by atoms with van der Waals surface area (Å²) < 4.78 is 0. The van der Waals surface area contributed by atoms with Crippen molar-refractivity contribution in [2.24, 2.45) is 0 Å². The minimum absolute atomic E-state index is 0. The molecule has 1 fully saturated rings. The van der Waals surface area contributed by atoms with E-state index in [1.165, 1.54) is 12.8 Å². The summed E-state index contributed by atoms with van der Waals surface area (Å²) in [6, 6.07) is 2.56. The van der Waals surface area contributed by atoms with E-state index in [0.29, 0.717) is 12.0 Å². The third kappa shape index (κ3) is 2.75. The van der Waals surface area contributed by atoms with Crippen LogP contribution in [0.2, 0.25) is 0 Å². The fourth-order valence-electron chi connectivity index (χ4n) is 2.37. The van der Waals surface area contributed by atoms with Crippen LogP contribution in [0, 0.1) is 0 Å². The highest BCUT2D eigenvalue weighted by atomic mass is 15.3. The first-order valence-electron chi connectivity index (χ1n) is 6.46. The van der Waals surface area contributed by atoms with Gasteiger partial charge in [-0.1, -0.05) is 13.8 Å². The van der Waals surface area contributed by atoms with E-state index in [9.17, 15) is 0 Å². The van der Waals surface area contributed by atoms with Crippen molar-refractivity contribution in [1.82, 2.24) is 15.3 Å². The molecule has 96 valence electrons. The lowest BCUT2D eigenvalue weighted by molar-refractivity contribution is 0.605. The number of anilines is 1. The Morgan fingerprint density at radius 1 is 1.59 bits per heavy atom. The smallest absolute Gasteiger partial charge is 0.225 e. The molecular formula is C13H24N4. The molecule has 0 aliphatic carbocycles. The maximum absolute atomic E-state index is 4.67. The lowest BCUT2D eigenvalue weighted by Gasteiger charge is -2.24. The molecule has 2 rings (SSSR count). The van der Waals surface area contributed by atoms with Crippen LogP contribution in [0.15, 0.2) is 12.3 Å². The largest absolute Gasteiger partial charge is 0.337 e. The van der Waals surface area contributed by atoms with Crippen LogP contribution < -0.4 is 10.2 Å². The summed E-state index contributed by atoms with van der Waals surface area (Å²) in [7, 11) is 2.00. The predicted octanol–water partition coefficient (Wildman–Crippen LogP) is 2.03. The number of nitrogens with one attached hydrogen (secondary N) is 1. The van der Waals surface area contributed by atoms with Gasteiger partial charge in [-0.25, -0.2) is 9.97 Å². The van der Waals surface area contributed by atoms with Gasteiger partial charge in [0.25, 0.3) is 0 Å². The summed E-state index contributed by atoms with van der Waals surface area (Å²) in [6.07, 6.45) is 4.35. The first-order chi connectivity index (χ1) is 8.22. The normalized spacial score (nSPS) is 20.2. The van der Waals surface area contributed by atoms with Crippen molar-refractivity contribution in [1.29, 1.82) is 0 Å². The van der Waals surface area contributed by atoms with Gasteiger partial charge in [0, 0.05) is 32.4 Å². The molecule has 4 heteroatoms. The molecule has 1 N–H and O–H groups in total. The van der Waals surface area contributed by atoms with Crippen molar-refractivity contribution in [3.05, 3.63) is 18.0 Å². The minimum atomic E-state index is 0. The molecule has 1 aliphatic rings. The van der Waals surface area contributed by atoms with E-state index in [1.54, 1.807) is 0 Å². The second-order valence-electron chi connectivity index (χ2n) is 4.98. The van der Waals surface area contributed by atoms with Crippen LogP contribution >= 0.6 is 0 Å². The van der Waals surface area contributed by atoms with Gasteiger partial charge >= 0.3 is 0 Å². The quantitative estimate of drug-likeness (QED) is 0.868. The molecule has 1 aliphatic heterocycles. The van der Waals surface area contributed by atoms with Gasteiger partial charge in [0.05, 0.1) is 0 Å². The predicted molar refractivity (Wildman–Crippen MR) is 72.5 cm³/mol. The molecule has 4 nitrogen and oxygen atoms in total. The first kappa shape index (κ1) is 12.3. The molecule has 0 radical (unpaired) electrons. The van der Waals surface area contributed by atoms with Crippen LogP contribution in [0.25, 0.3) is 0 Å². The van der Waals surface area contributed by atoms with Gasteiger partial charge in [0.1, 0.15) is 0 Å². The van der Waals surface area contributed by atoms with E-state index in [0.717, 1.165) is 24.7 Å². The minimum Gasteiger partial charge on any atom is -0.337 e. The topological polar surface area (TPSA) is 41.0 Å². The molecule has 0 unspecified atom stereocenters. The van der Waals surface area contributed by atoms with Crippen LogP contribution in [0.5, 0.6) is 0 Å². The molecule has 17 heavy (non-hydrogen) atoms. The molecule has 0 bridgehead atoms. The van der Waals surface area contributed by atoms with Crippen LogP contribution in [-0.2, 0) is 0 Å². The van der Waals surface area contributed by atoms with Crippen molar-refractivity contribution in [3.8, 4) is 0 Å². The second-order valence-corrected chi connectivity index (χ2v) is 4.98.